The number of hydrogen-bond donors (Lipinski definition) is 2. The van der Waals surface area contributed by atoms with Crippen LogP contribution in [-0.2, 0) is 11.3 Å². The second-order valence-electron chi connectivity index (χ2n) is 6.82. The molecule has 2 aliphatic heterocycles. The van der Waals surface area contributed by atoms with Crippen LogP contribution in [-0.4, -0.2) is 69.6 Å². The highest BCUT2D eigenvalue weighted by Gasteiger charge is 2.22. The number of rotatable bonds is 5. The van der Waals surface area contributed by atoms with E-state index < -0.39 is 0 Å². The minimum Gasteiger partial charge on any atom is -0.392 e. The van der Waals surface area contributed by atoms with E-state index in [1.807, 2.05) is 6.33 Å². The maximum absolute atomic E-state index is 10.1. The normalized spacial score (nSPS) is 24.8. The molecule has 0 amide bonds. The number of morpholine rings is 1. The lowest BCUT2D eigenvalue weighted by atomic mass is 9.97. The molecule has 8 nitrogen and oxygen atoms in total. The van der Waals surface area contributed by atoms with Gasteiger partial charge in [-0.05, 0) is 32.2 Å². The van der Waals surface area contributed by atoms with Crippen LogP contribution >= 0.6 is 0 Å². The van der Waals surface area contributed by atoms with Gasteiger partial charge in [0.25, 0.3) is 0 Å². The molecule has 4 rings (SSSR count). The molecule has 0 spiro atoms. The second-order valence-corrected chi connectivity index (χ2v) is 6.82. The number of nitrogens with one attached hydrogen (secondary N) is 1. The molecule has 0 bridgehead atoms. The first-order valence-electron chi connectivity index (χ1n) is 9.23. The Bertz CT molecular complexity index is 700. The SMILES string of the molecule is O[C@H]1CCCN[C@@H]1CCCn1cnc2c(N3CCOCC3)ncnc21. The summed E-state index contributed by atoms with van der Waals surface area (Å²) in [4.78, 5) is 15.7. The van der Waals surface area contributed by atoms with Crippen LogP contribution in [0.4, 0.5) is 5.82 Å². The van der Waals surface area contributed by atoms with Crippen LogP contribution in [0.5, 0.6) is 0 Å². The van der Waals surface area contributed by atoms with Crippen LogP contribution in [0.25, 0.3) is 11.2 Å². The molecule has 2 aromatic heterocycles. The Kier molecular flexibility index (Phi) is 5.09. The van der Waals surface area contributed by atoms with Crippen molar-refractivity contribution in [2.45, 2.75) is 44.4 Å². The first kappa shape index (κ1) is 16.7. The number of aliphatic hydroxyl groups is 1. The van der Waals surface area contributed by atoms with Gasteiger partial charge < -0.3 is 24.6 Å². The Morgan fingerprint density at radius 1 is 1.24 bits per heavy atom. The minimum absolute atomic E-state index is 0.210. The molecule has 2 atom stereocenters. The molecular weight excluding hydrogens is 320 g/mol. The Balaban J connectivity index is 1.43. The van der Waals surface area contributed by atoms with Crippen molar-refractivity contribution in [3.05, 3.63) is 12.7 Å². The van der Waals surface area contributed by atoms with Crippen molar-refractivity contribution in [2.24, 2.45) is 0 Å². The molecule has 0 unspecified atom stereocenters. The van der Waals surface area contributed by atoms with E-state index in [4.69, 9.17) is 4.74 Å². The Morgan fingerprint density at radius 2 is 2.12 bits per heavy atom. The molecule has 0 aromatic carbocycles. The lowest BCUT2D eigenvalue weighted by molar-refractivity contribution is 0.0909. The van der Waals surface area contributed by atoms with Gasteiger partial charge in [0, 0.05) is 25.7 Å². The maximum Gasteiger partial charge on any atom is 0.165 e. The summed E-state index contributed by atoms with van der Waals surface area (Å²) >= 11 is 0. The van der Waals surface area contributed by atoms with Gasteiger partial charge in [-0.25, -0.2) is 15.0 Å². The first-order valence-corrected chi connectivity index (χ1v) is 9.23. The Morgan fingerprint density at radius 3 is 2.96 bits per heavy atom. The Hall–Kier alpha value is -1.77. The number of anilines is 1. The van der Waals surface area contributed by atoms with Crippen LogP contribution < -0.4 is 10.2 Å². The summed E-state index contributed by atoms with van der Waals surface area (Å²) in [6.45, 7) is 4.98. The monoisotopic (exact) mass is 346 g/mol. The van der Waals surface area contributed by atoms with Crippen molar-refractivity contribution < 1.29 is 9.84 Å². The third-order valence-electron chi connectivity index (χ3n) is 5.15. The number of ether oxygens (including phenoxy) is 1. The summed E-state index contributed by atoms with van der Waals surface area (Å²) in [7, 11) is 0. The lowest BCUT2D eigenvalue weighted by Crippen LogP contribution is -2.44. The van der Waals surface area contributed by atoms with Gasteiger partial charge in [-0.3, -0.25) is 0 Å². The number of aryl methyl sites for hydroxylation is 1. The zero-order chi connectivity index (χ0) is 17.1. The zero-order valence-corrected chi connectivity index (χ0v) is 14.5. The fourth-order valence-corrected chi connectivity index (χ4v) is 3.75. The average Bonchev–Trinajstić information content (AvgIpc) is 3.07. The number of nitrogens with zero attached hydrogens (tertiary/aromatic N) is 5. The second kappa shape index (κ2) is 7.63. The van der Waals surface area contributed by atoms with E-state index in [-0.39, 0.29) is 12.1 Å². The molecule has 2 saturated heterocycles. The average molecular weight is 346 g/mol. The number of aromatic nitrogens is 4. The van der Waals surface area contributed by atoms with E-state index in [1.165, 1.54) is 0 Å². The van der Waals surface area contributed by atoms with Gasteiger partial charge in [0.2, 0.25) is 0 Å². The molecule has 136 valence electrons. The number of aliphatic hydroxyl groups excluding tert-OH is 1. The third kappa shape index (κ3) is 3.61. The van der Waals surface area contributed by atoms with Crippen molar-refractivity contribution in [3.8, 4) is 0 Å². The summed E-state index contributed by atoms with van der Waals surface area (Å²) in [5.74, 6) is 0.899. The highest BCUT2D eigenvalue weighted by Crippen LogP contribution is 2.23. The standard InChI is InChI=1S/C17H26N6O2/c24-14-4-1-5-18-13(14)3-2-6-23-12-21-15-16(19-11-20-17(15)23)22-7-9-25-10-8-22/h11-14,18,24H,1-10H2/t13-,14+/m1/s1. The summed E-state index contributed by atoms with van der Waals surface area (Å²) in [5, 5.41) is 13.5. The van der Waals surface area contributed by atoms with Crippen molar-refractivity contribution in [1.82, 2.24) is 24.8 Å². The van der Waals surface area contributed by atoms with E-state index in [2.05, 4.69) is 29.7 Å². The van der Waals surface area contributed by atoms with Gasteiger partial charge in [-0.2, -0.15) is 0 Å². The predicted molar refractivity (Wildman–Crippen MR) is 94.6 cm³/mol. The molecule has 2 aliphatic rings. The highest BCUT2D eigenvalue weighted by atomic mass is 16.5. The molecule has 2 fully saturated rings. The molecule has 2 aromatic rings. The quantitative estimate of drug-likeness (QED) is 0.817. The van der Waals surface area contributed by atoms with Gasteiger partial charge in [-0.1, -0.05) is 0 Å². The molecule has 4 heterocycles. The summed E-state index contributed by atoms with van der Waals surface area (Å²) < 4.78 is 7.51. The number of hydrogen-bond acceptors (Lipinski definition) is 7. The smallest absolute Gasteiger partial charge is 0.165 e. The summed E-state index contributed by atoms with van der Waals surface area (Å²) in [5.41, 5.74) is 1.74. The zero-order valence-electron chi connectivity index (χ0n) is 14.5. The molecule has 0 saturated carbocycles. The van der Waals surface area contributed by atoms with E-state index in [0.717, 1.165) is 82.1 Å². The third-order valence-corrected chi connectivity index (χ3v) is 5.15. The van der Waals surface area contributed by atoms with Crippen molar-refractivity contribution >= 4 is 17.0 Å². The predicted octanol–water partition coefficient (Wildman–Crippen LogP) is 0.556. The minimum atomic E-state index is -0.219. The molecule has 25 heavy (non-hydrogen) atoms. The molecule has 0 aliphatic carbocycles. The van der Waals surface area contributed by atoms with E-state index in [9.17, 15) is 5.11 Å². The van der Waals surface area contributed by atoms with Crippen molar-refractivity contribution in [2.75, 3.05) is 37.7 Å². The largest absolute Gasteiger partial charge is 0.392 e. The maximum atomic E-state index is 10.1. The van der Waals surface area contributed by atoms with Crippen molar-refractivity contribution in [1.29, 1.82) is 0 Å². The summed E-state index contributed by atoms with van der Waals surface area (Å²) in [6.07, 6.45) is 7.17. The van der Waals surface area contributed by atoms with E-state index >= 15 is 0 Å². The summed E-state index contributed by atoms with van der Waals surface area (Å²) in [6, 6.07) is 0.210. The molecule has 2 N–H and O–H groups in total. The van der Waals surface area contributed by atoms with Crippen molar-refractivity contribution in [3.63, 3.8) is 0 Å². The van der Waals surface area contributed by atoms with Crippen LogP contribution in [0.1, 0.15) is 25.7 Å². The number of fused-ring (bicyclic) bond motifs is 1. The lowest BCUT2D eigenvalue weighted by Gasteiger charge is -2.29. The van der Waals surface area contributed by atoms with Gasteiger partial charge in [0.15, 0.2) is 17.0 Å². The van der Waals surface area contributed by atoms with Crippen LogP contribution in [0, 0.1) is 0 Å². The fourth-order valence-electron chi connectivity index (χ4n) is 3.75. The van der Waals surface area contributed by atoms with E-state index in [1.54, 1.807) is 6.33 Å². The fraction of sp³-hybridized carbons (Fsp3) is 0.706. The van der Waals surface area contributed by atoms with Gasteiger partial charge in [-0.15, -0.1) is 0 Å². The van der Waals surface area contributed by atoms with Crippen LogP contribution in [0.15, 0.2) is 12.7 Å². The van der Waals surface area contributed by atoms with Gasteiger partial charge >= 0.3 is 0 Å². The number of imidazole rings is 1. The highest BCUT2D eigenvalue weighted by molar-refractivity contribution is 5.83. The Labute approximate surface area is 147 Å². The molecule has 0 radical (unpaired) electrons. The van der Waals surface area contributed by atoms with Crippen LogP contribution in [0.3, 0.4) is 0 Å². The van der Waals surface area contributed by atoms with Crippen LogP contribution in [0.2, 0.25) is 0 Å². The molecular formula is C17H26N6O2. The first-order chi connectivity index (χ1) is 12.3. The number of piperidine rings is 1. The van der Waals surface area contributed by atoms with Gasteiger partial charge in [0.1, 0.15) is 6.33 Å². The molecule has 8 heteroatoms. The topological polar surface area (TPSA) is 88.3 Å². The van der Waals surface area contributed by atoms with E-state index in [0.29, 0.717) is 0 Å². The van der Waals surface area contributed by atoms with Gasteiger partial charge in [0.05, 0.1) is 25.6 Å².